The van der Waals surface area contributed by atoms with Crippen LogP contribution in [0.3, 0.4) is 0 Å². The predicted molar refractivity (Wildman–Crippen MR) is 79.5 cm³/mol. The number of nitrogens with two attached hydrogens (primary N) is 1. The topological polar surface area (TPSA) is 106 Å². The number of hydrogen-bond acceptors (Lipinski definition) is 6. The number of pyridine rings is 1. The van der Waals surface area contributed by atoms with E-state index < -0.39 is 0 Å². The molecule has 1 amide bonds. The summed E-state index contributed by atoms with van der Waals surface area (Å²) in [4.78, 5) is 24.3. The van der Waals surface area contributed by atoms with E-state index >= 15 is 0 Å². The van der Waals surface area contributed by atoms with Crippen molar-refractivity contribution in [2.75, 3.05) is 10.7 Å². The maximum absolute atomic E-state index is 12.1. The van der Waals surface area contributed by atoms with Gasteiger partial charge in [-0.2, -0.15) is 0 Å². The fourth-order valence-electron chi connectivity index (χ4n) is 1.89. The summed E-state index contributed by atoms with van der Waals surface area (Å²) < 4.78 is 0. The number of nitrogens with zero attached hydrogens (tertiary/aromatic N) is 3. The number of aromatic nitrogens is 3. The van der Waals surface area contributed by atoms with Crippen molar-refractivity contribution in [3.63, 3.8) is 0 Å². The zero-order valence-electron chi connectivity index (χ0n) is 10.9. The van der Waals surface area contributed by atoms with E-state index in [0.717, 1.165) is 10.9 Å². The average Bonchev–Trinajstić information content (AvgIpc) is 2.54. The fraction of sp³-hybridized carbons (Fsp3) is 0. The van der Waals surface area contributed by atoms with Crippen molar-refractivity contribution in [1.82, 2.24) is 15.0 Å². The van der Waals surface area contributed by atoms with Crippen LogP contribution < -0.4 is 16.6 Å². The third-order valence-corrected chi connectivity index (χ3v) is 2.88. The minimum Gasteiger partial charge on any atom is -0.321 e. The first-order valence-electron chi connectivity index (χ1n) is 6.21. The number of hydrazine groups is 1. The molecule has 7 heteroatoms. The van der Waals surface area contributed by atoms with Gasteiger partial charge in [0.2, 0.25) is 0 Å². The Bertz CT molecular complexity index is 804. The van der Waals surface area contributed by atoms with Gasteiger partial charge >= 0.3 is 0 Å². The number of rotatable bonds is 3. The lowest BCUT2D eigenvalue weighted by Crippen LogP contribution is -2.16. The van der Waals surface area contributed by atoms with E-state index in [0.29, 0.717) is 11.5 Å². The van der Waals surface area contributed by atoms with Gasteiger partial charge in [0.15, 0.2) is 5.82 Å². The Labute approximate surface area is 120 Å². The summed E-state index contributed by atoms with van der Waals surface area (Å²) in [6.45, 7) is 0. The number of carbonyl (C=O) groups is 1. The number of anilines is 2. The lowest BCUT2D eigenvalue weighted by atomic mass is 10.2. The summed E-state index contributed by atoms with van der Waals surface area (Å²) in [5.41, 5.74) is 4.05. The van der Waals surface area contributed by atoms with Gasteiger partial charge in [0.1, 0.15) is 5.69 Å². The van der Waals surface area contributed by atoms with Crippen LogP contribution in [0.25, 0.3) is 10.9 Å². The summed E-state index contributed by atoms with van der Waals surface area (Å²) in [7, 11) is 0. The second-order valence-corrected chi connectivity index (χ2v) is 4.30. The Morgan fingerprint density at radius 2 is 2.10 bits per heavy atom. The Balaban J connectivity index is 1.85. The molecule has 0 atom stereocenters. The molecular weight excluding hydrogens is 268 g/mol. The summed E-state index contributed by atoms with van der Waals surface area (Å²) in [6.07, 6.45) is 4.53. The van der Waals surface area contributed by atoms with Crippen molar-refractivity contribution in [1.29, 1.82) is 0 Å². The van der Waals surface area contributed by atoms with E-state index in [1.165, 1.54) is 12.4 Å². The van der Waals surface area contributed by atoms with Crippen molar-refractivity contribution in [3.8, 4) is 0 Å². The van der Waals surface area contributed by atoms with E-state index in [9.17, 15) is 4.79 Å². The van der Waals surface area contributed by atoms with Crippen molar-refractivity contribution in [2.24, 2.45) is 5.84 Å². The second kappa shape index (κ2) is 5.51. The van der Waals surface area contributed by atoms with Crippen molar-refractivity contribution in [3.05, 3.63) is 54.6 Å². The lowest BCUT2D eigenvalue weighted by Gasteiger charge is -2.06. The number of hydrogen-bond donors (Lipinski definition) is 3. The van der Waals surface area contributed by atoms with Gasteiger partial charge in [0.25, 0.3) is 5.91 Å². The van der Waals surface area contributed by atoms with Crippen LogP contribution >= 0.6 is 0 Å². The van der Waals surface area contributed by atoms with Crippen LogP contribution in [0.1, 0.15) is 10.5 Å². The highest BCUT2D eigenvalue weighted by molar-refractivity contribution is 6.03. The molecule has 7 nitrogen and oxygen atoms in total. The molecule has 0 unspecified atom stereocenters. The molecular formula is C14H12N6O. The molecule has 0 aliphatic rings. The quantitative estimate of drug-likeness (QED) is 0.496. The van der Waals surface area contributed by atoms with E-state index in [2.05, 4.69) is 25.7 Å². The van der Waals surface area contributed by atoms with Gasteiger partial charge in [-0.1, -0.05) is 6.07 Å². The molecule has 0 aliphatic heterocycles. The Kier molecular flexibility index (Phi) is 3.40. The molecule has 0 spiro atoms. The van der Waals surface area contributed by atoms with Gasteiger partial charge in [-0.25, -0.2) is 10.8 Å². The third kappa shape index (κ3) is 2.77. The van der Waals surface area contributed by atoms with Crippen molar-refractivity contribution in [2.45, 2.75) is 0 Å². The normalized spacial score (nSPS) is 10.3. The van der Waals surface area contributed by atoms with Crippen molar-refractivity contribution >= 4 is 28.3 Å². The van der Waals surface area contributed by atoms with Crippen molar-refractivity contribution < 1.29 is 4.79 Å². The average molecular weight is 280 g/mol. The third-order valence-electron chi connectivity index (χ3n) is 2.88. The van der Waals surface area contributed by atoms with Crippen LogP contribution in [-0.2, 0) is 0 Å². The molecule has 2 aromatic heterocycles. The van der Waals surface area contributed by atoms with E-state index in [4.69, 9.17) is 5.84 Å². The number of nitrogen functional groups attached to an aromatic ring is 1. The molecule has 1 aromatic carbocycles. The first-order valence-corrected chi connectivity index (χ1v) is 6.21. The van der Waals surface area contributed by atoms with Gasteiger partial charge in [0, 0.05) is 17.3 Å². The zero-order valence-corrected chi connectivity index (χ0v) is 10.9. The van der Waals surface area contributed by atoms with Gasteiger partial charge in [-0.3, -0.25) is 14.8 Å². The molecule has 104 valence electrons. The molecule has 3 aromatic rings. The Morgan fingerprint density at radius 3 is 2.95 bits per heavy atom. The lowest BCUT2D eigenvalue weighted by molar-refractivity contribution is 0.102. The number of carbonyl (C=O) groups excluding carboxylic acids is 1. The molecule has 0 bridgehead atoms. The highest BCUT2D eigenvalue weighted by atomic mass is 16.1. The van der Waals surface area contributed by atoms with Crippen LogP contribution in [0.4, 0.5) is 11.5 Å². The van der Waals surface area contributed by atoms with E-state index in [1.54, 1.807) is 12.3 Å². The van der Waals surface area contributed by atoms with Crippen LogP contribution in [0.15, 0.2) is 48.9 Å². The van der Waals surface area contributed by atoms with Crippen LogP contribution in [0, 0.1) is 0 Å². The summed E-state index contributed by atoms with van der Waals surface area (Å²) in [5, 5.41) is 3.71. The standard InChI is InChI=1S/C14H12N6O/c15-20-13-8-16-7-12(19-13)14(21)18-10-3-4-11-9(6-10)2-1-5-17-11/h1-8H,15H2,(H,18,21)(H,19,20). The molecule has 0 radical (unpaired) electrons. The van der Waals surface area contributed by atoms with Gasteiger partial charge in [-0.05, 0) is 24.3 Å². The number of amides is 1. The zero-order chi connectivity index (χ0) is 14.7. The highest BCUT2D eigenvalue weighted by Crippen LogP contribution is 2.17. The largest absolute Gasteiger partial charge is 0.321 e. The van der Waals surface area contributed by atoms with Gasteiger partial charge < -0.3 is 10.7 Å². The predicted octanol–water partition coefficient (Wildman–Crippen LogP) is 1.56. The number of benzene rings is 1. The van der Waals surface area contributed by atoms with E-state index in [-0.39, 0.29) is 11.6 Å². The molecule has 21 heavy (non-hydrogen) atoms. The monoisotopic (exact) mass is 280 g/mol. The summed E-state index contributed by atoms with van der Waals surface area (Å²) >= 11 is 0. The SMILES string of the molecule is NNc1cncc(C(=O)Nc2ccc3ncccc3c2)n1. The highest BCUT2D eigenvalue weighted by Gasteiger charge is 2.09. The molecule has 0 saturated carbocycles. The number of fused-ring (bicyclic) bond motifs is 1. The summed E-state index contributed by atoms with van der Waals surface area (Å²) in [6, 6.07) is 9.24. The molecule has 0 aliphatic carbocycles. The minimum atomic E-state index is -0.358. The number of nitrogens with one attached hydrogen (secondary N) is 2. The first-order chi connectivity index (χ1) is 10.3. The smallest absolute Gasteiger partial charge is 0.275 e. The first kappa shape index (κ1) is 12.9. The maximum Gasteiger partial charge on any atom is 0.275 e. The molecule has 3 rings (SSSR count). The van der Waals surface area contributed by atoms with Gasteiger partial charge in [0.05, 0.1) is 17.9 Å². The fourth-order valence-corrected chi connectivity index (χ4v) is 1.89. The van der Waals surface area contributed by atoms with Crippen LogP contribution in [0.2, 0.25) is 0 Å². The maximum atomic E-state index is 12.1. The summed E-state index contributed by atoms with van der Waals surface area (Å²) in [5.74, 6) is 5.21. The van der Waals surface area contributed by atoms with Crippen LogP contribution in [0.5, 0.6) is 0 Å². The second-order valence-electron chi connectivity index (χ2n) is 4.30. The Hall–Kier alpha value is -3.06. The minimum absolute atomic E-state index is 0.178. The molecule has 0 saturated heterocycles. The van der Waals surface area contributed by atoms with Crippen LogP contribution in [-0.4, -0.2) is 20.9 Å². The molecule has 2 heterocycles. The molecule has 4 N–H and O–H groups in total. The Morgan fingerprint density at radius 1 is 1.19 bits per heavy atom. The van der Waals surface area contributed by atoms with E-state index in [1.807, 2.05) is 24.3 Å². The van der Waals surface area contributed by atoms with Gasteiger partial charge in [-0.15, -0.1) is 0 Å². The molecule has 0 fully saturated rings.